The van der Waals surface area contributed by atoms with Crippen LogP contribution in [0, 0.1) is 5.92 Å². The minimum absolute atomic E-state index is 0.844. The molecule has 13 heavy (non-hydrogen) atoms. The molecule has 0 saturated heterocycles. The van der Waals surface area contributed by atoms with E-state index in [-0.39, 0.29) is 0 Å². The van der Waals surface area contributed by atoms with E-state index in [1.807, 2.05) is 30.1 Å². The van der Waals surface area contributed by atoms with Gasteiger partial charge in [-0.1, -0.05) is 26.3 Å². The largest absolute Gasteiger partial charge is 0.250 e. The summed E-state index contributed by atoms with van der Waals surface area (Å²) in [5.41, 5.74) is 0. The van der Waals surface area contributed by atoms with Gasteiger partial charge < -0.3 is 0 Å². The molecular formula is C11H17NS. The van der Waals surface area contributed by atoms with Crippen LogP contribution in [0.5, 0.6) is 0 Å². The molecule has 0 saturated carbocycles. The van der Waals surface area contributed by atoms with Gasteiger partial charge in [0.05, 0.1) is 5.03 Å². The molecule has 1 heterocycles. The Morgan fingerprint density at radius 2 is 2.31 bits per heavy atom. The molecule has 1 unspecified atom stereocenters. The summed E-state index contributed by atoms with van der Waals surface area (Å²) in [6.45, 7) is 4.55. The van der Waals surface area contributed by atoms with Gasteiger partial charge in [-0.15, -0.1) is 11.8 Å². The molecule has 1 aromatic heterocycles. The number of nitrogens with zero attached hydrogens (tertiary/aromatic N) is 1. The quantitative estimate of drug-likeness (QED) is 0.666. The Bertz CT molecular complexity index is 223. The molecule has 2 heteroatoms. The molecule has 0 spiro atoms. The molecule has 0 aromatic carbocycles. The van der Waals surface area contributed by atoms with E-state index in [1.165, 1.54) is 18.6 Å². The van der Waals surface area contributed by atoms with E-state index in [0.29, 0.717) is 0 Å². The number of rotatable bonds is 5. The van der Waals surface area contributed by atoms with Crippen molar-refractivity contribution in [3.05, 3.63) is 24.4 Å². The van der Waals surface area contributed by atoms with Crippen LogP contribution < -0.4 is 0 Å². The number of hydrogen-bond donors (Lipinski definition) is 0. The zero-order valence-electron chi connectivity index (χ0n) is 8.36. The summed E-state index contributed by atoms with van der Waals surface area (Å²) in [6.07, 6.45) is 4.42. The van der Waals surface area contributed by atoms with Gasteiger partial charge >= 0.3 is 0 Å². The van der Waals surface area contributed by atoms with Crippen LogP contribution in [0.25, 0.3) is 0 Å². The van der Waals surface area contributed by atoms with Gasteiger partial charge in [-0.05, 0) is 30.2 Å². The van der Waals surface area contributed by atoms with Gasteiger partial charge in [0.25, 0.3) is 0 Å². The fourth-order valence-electron chi connectivity index (χ4n) is 1.00. The lowest BCUT2D eigenvalue weighted by atomic mass is 10.1. The molecule has 72 valence electrons. The van der Waals surface area contributed by atoms with Crippen LogP contribution >= 0.6 is 11.8 Å². The van der Waals surface area contributed by atoms with Crippen LogP contribution in [0.1, 0.15) is 26.7 Å². The molecule has 1 atom stereocenters. The lowest BCUT2D eigenvalue weighted by Crippen LogP contribution is -1.93. The SMILES string of the molecule is CCC(C)CCSc1ccccn1. The number of thioether (sulfide) groups is 1. The van der Waals surface area contributed by atoms with E-state index < -0.39 is 0 Å². The minimum Gasteiger partial charge on any atom is -0.250 e. The number of hydrogen-bond acceptors (Lipinski definition) is 2. The van der Waals surface area contributed by atoms with Crippen molar-refractivity contribution in [2.24, 2.45) is 5.92 Å². The summed E-state index contributed by atoms with van der Waals surface area (Å²) in [5.74, 6) is 2.03. The van der Waals surface area contributed by atoms with Crippen LogP contribution in [0.3, 0.4) is 0 Å². The third kappa shape index (κ3) is 4.32. The van der Waals surface area contributed by atoms with E-state index in [4.69, 9.17) is 0 Å². The van der Waals surface area contributed by atoms with Crippen LogP contribution in [0.4, 0.5) is 0 Å². The summed E-state index contributed by atoms with van der Waals surface area (Å²) in [6, 6.07) is 6.07. The van der Waals surface area contributed by atoms with Crippen molar-refractivity contribution >= 4 is 11.8 Å². The van der Waals surface area contributed by atoms with Crippen molar-refractivity contribution in [2.75, 3.05) is 5.75 Å². The van der Waals surface area contributed by atoms with Crippen molar-refractivity contribution in [3.8, 4) is 0 Å². The third-order valence-electron chi connectivity index (χ3n) is 2.20. The molecule has 0 aliphatic carbocycles. The van der Waals surface area contributed by atoms with Crippen molar-refractivity contribution < 1.29 is 0 Å². The summed E-state index contributed by atoms with van der Waals surface area (Å²) in [4.78, 5) is 4.26. The maximum absolute atomic E-state index is 4.26. The van der Waals surface area contributed by atoms with Crippen molar-refractivity contribution in [2.45, 2.75) is 31.7 Å². The average molecular weight is 195 g/mol. The van der Waals surface area contributed by atoms with Crippen LogP contribution in [0.15, 0.2) is 29.4 Å². The normalized spacial score (nSPS) is 12.8. The van der Waals surface area contributed by atoms with Crippen molar-refractivity contribution in [1.29, 1.82) is 0 Å². The highest BCUT2D eigenvalue weighted by Crippen LogP contribution is 2.18. The molecule has 0 radical (unpaired) electrons. The Kier molecular flexibility index (Phi) is 4.91. The number of pyridine rings is 1. The van der Waals surface area contributed by atoms with Gasteiger partial charge in [0, 0.05) is 6.20 Å². The molecular weight excluding hydrogens is 178 g/mol. The Hall–Kier alpha value is -0.500. The lowest BCUT2D eigenvalue weighted by Gasteiger charge is -2.06. The van der Waals surface area contributed by atoms with Crippen LogP contribution in [-0.2, 0) is 0 Å². The Balaban J connectivity index is 2.20. The minimum atomic E-state index is 0.844. The highest BCUT2D eigenvalue weighted by molar-refractivity contribution is 7.99. The molecule has 1 nitrogen and oxygen atoms in total. The van der Waals surface area contributed by atoms with Gasteiger partial charge in [-0.25, -0.2) is 4.98 Å². The fraction of sp³-hybridized carbons (Fsp3) is 0.545. The van der Waals surface area contributed by atoms with E-state index in [9.17, 15) is 0 Å². The second-order valence-electron chi connectivity index (χ2n) is 3.32. The maximum Gasteiger partial charge on any atom is 0.0959 e. The maximum atomic E-state index is 4.26. The molecule has 0 aliphatic rings. The molecule has 0 fully saturated rings. The predicted molar refractivity (Wildman–Crippen MR) is 59.0 cm³/mol. The van der Waals surface area contributed by atoms with Gasteiger partial charge in [-0.3, -0.25) is 0 Å². The molecule has 0 N–H and O–H groups in total. The number of aromatic nitrogens is 1. The first-order valence-electron chi connectivity index (χ1n) is 4.86. The van der Waals surface area contributed by atoms with E-state index >= 15 is 0 Å². The highest BCUT2D eigenvalue weighted by atomic mass is 32.2. The van der Waals surface area contributed by atoms with E-state index in [0.717, 1.165) is 10.9 Å². The van der Waals surface area contributed by atoms with E-state index in [2.05, 4.69) is 24.9 Å². The summed E-state index contributed by atoms with van der Waals surface area (Å²) in [5, 5.41) is 1.14. The summed E-state index contributed by atoms with van der Waals surface area (Å²) < 4.78 is 0. The second kappa shape index (κ2) is 6.03. The Labute approximate surface area is 85.0 Å². The Morgan fingerprint density at radius 1 is 1.46 bits per heavy atom. The van der Waals surface area contributed by atoms with Gasteiger partial charge in [-0.2, -0.15) is 0 Å². The molecule has 0 aliphatic heterocycles. The summed E-state index contributed by atoms with van der Waals surface area (Å²) >= 11 is 1.85. The lowest BCUT2D eigenvalue weighted by molar-refractivity contribution is 0.548. The highest BCUT2D eigenvalue weighted by Gasteiger charge is 1.99. The first-order chi connectivity index (χ1) is 6.33. The van der Waals surface area contributed by atoms with Crippen molar-refractivity contribution in [1.82, 2.24) is 4.98 Å². The van der Waals surface area contributed by atoms with Crippen LogP contribution in [-0.4, -0.2) is 10.7 Å². The monoisotopic (exact) mass is 195 g/mol. The first kappa shape index (κ1) is 10.6. The first-order valence-corrected chi connectivity index (χ1v) is 5.85. The molecule has 1 aromatic rings. The van der Waals surface area contributed by atoms with Gasteiger partial charge in [0.15, 0.2) is 0 Å². The summed E-state index contributed by atoms with van der Waals surface area (Å²) in [7, 11) is 0. The Morgan fingerprint density at radius 3 is 2.92 bits per heavy atom. The average Bonchev–Trinajstić information content (AvgIpc) is 2.19. The van der Waals surface area contributed by atoms with Crippen LogP contribution in [0.2, 0.25) is 0 Å². The van der Waals surface area contributed by atoms with E-state index in [1.54, 1.807) is 0 Å². The smallest absolute Gasteiger partial charge is 0.0959 e. The van der Waals surface area contributed by atoms with Gasteiger partial charge in [0.2, 0.25) is 0 Å². The molecule has 0 amide bonds. The zero-order valence-corrected chi connectivity index (χ0v) is 9.18. The molecule has 0 bridgehead atoms. The topological polar surface area (TPSA) is 12.9 Å². The standard InChI is InChI=1S/C11H17NS/c1-3-10(2)7-9-13-11-6-4-5-8-12-11/h4-6,8,10H,3,7,9H2,1-2H3. The fourth-order valence-corrected chi connectivity index (χ4v) is 2.04. The predicted octanol–water partition coefficient (Wildman–Crippen LogP) is 3.61. The zero-order chi connectivity index (χ0) is 9.52. The van der Waals surface area contributed by atoms with Crippen molar-refractivity contribution in [3.63, 3.8) is 0 Å². The molecule has 1 rings (SSSR count). The third-order valence-corrected chi connectivity index (χ3v) is 3.17. The second-order valence-corrected chi connectivity index (χ2v) is 4.43. The van der Waals surface area contributed by atoms with Gasteiger partial charge in [0.1, 0.15) is 0 Å².